The van der Waals surface area contributed by atoms with E-state index in [1.807, 2.05) is 54.8 Å². The molecule has 0 aliphatic rings. The molecular formula is C33H35FN2O7. The summed E-state index contributed by atoms with van der Waals surface area (Å²) in [5, 5.41) is 52.2. The lowest BCUT2D eigenvalue weighted by atomic mass is 9.94. The van der Waals surface area contributed by atoms with Crippen LogP contribution in [0.15, 0.2) is 84.9 Å². The third kappa shape index (κ3) is 7.00. The van der Waals surface area contributed by atoms with E-state index in [1.54, 1.807) is 36.4 Å². The van der Waals surface area contributed by atoms with Crippen molar-refractivity contribution in [1.82, 2.24) is 4.57 Å². The van der Waals surface area contributed by atoms with Gasteiger partial charge in [-0.1, -0.05) is 62.4 Å². The number of aliphatic hydroxyl groups is 4. The molecule has 226 valence electrons. The predicted octanol–water partition coefficient (Wildman–Crippen LogP) is 4.60. The normalized spacial score (nSPS) is 13.1. The Balaban J connectivity index is 1.88. The largest absolute Gasteiger partial charge is 0.477 e. The lowest BCUT2D eigenvalue weighted by molar-refractivity contribution is -0.239. The SMILES string of the molecule is CC(C)c1c(C(=O)Nc2ccccc2)c(-c2ccccc2)c(-c2ccc(F)cc2)n1CC[C@@H](O)C[C@@H](O)C(O)(O)C(=O)O. The third-order valence-corrected chi connectivity index (χ3v) is 7.25. The number of carbonyl (C=O) groups excluding carboxylic acids is 1. The number of rotatable bonds is 12. The molecule has 0 saturated heterocycles. The van der Waals surface area contributed by atoms with Crippen molar-refractivity contribution in [2.45, 2.75) is 57.1 Å². The Morgan fingerprint density at radius 3 is 2.02 bits per heavy atom. The smallest absolute Gasteiger partial charge is 0.366 e. The number of carboxylic acids is 1. The first-order chi connectivity index (χ1) is 20.4. The van der Waals surface area contributed by atoms with Gasteiger partial charge in [-0.15, -0.1) is 0 Å². The van der Waals surface area contributed by atoms with E-state index in [1.165, 1.54) is 12.1 Å². The van der Waals surface area contributed by atoms with Gasteiger partial charge in [0.2, 0.25) is 0 Å². The van der Waals surface area contributed by atoms with Crippen molar-refractivity contribution in [2.75, 3.05) is 5.32 Å². The summed E-state index contributed by atoms with van der Waals surface area (Å²) < 4.78 is 15.9. The summed E-state index contributed by atoms with van der Waals surface area (Å²) in [6.07, 6.45) is -4.16. The third-order valence-electron chi connectivity index (χ3n) is 7.25. The number of hydrogen-bond donors (Lipinski definition) is 6. The molecule has 1 amide bonds. The molecule has 2 atom stereocenters. The maximum atomic E-state index is 14.1. The van der Waals surface area contributed by atoms with E-state index in [0.29, 0.717) is 33.8 Å². The number of nitrogens with one attached hydrogen (secondary N) is 1. The van der Waals surface area contributed by atoms with Crippen molar-refractivity contribution in [2.24, 2.45) is 0 Å². The number of halogens is 1. The Morgan fingerprint density at radius 1 is 0.884 bits per heavy atom. The van der Waals surface area contributed by atoms with Crippen LogP contribution in [0.25, 0.3) is 22.4 Å². The van der Waals surface area contributed by atoms with Gasteiger partial charge in [0.1, 0.15) is 11.9 Å². The van der Waals surface area contributed by atoms with Crippen LogP contribution in [0.1, 0.15) is 48.7 Å². The van der Waals surface area contributed by atoms with Crippen LogP contribution in [-0.4, -0.2) is 60.0 Å². The van der Waals surface area contributed by atoms with Gasteiger partial charge in [0.05, 0.1) is 17.4 Å². The highest BCUT2D eigenvalue weighted by Gasteiger charge is 2.42. The molecule has 0 fully saturated rings. The van der Waals surface area contributed by atoms with Gasteiger partial charge >= 0.3 is 5.97 Å². The minimum Gasteiger partial charge on any atom is -0.477 e. The van der Waals surface area contributed by atoms with Crippen LogP contribution < -0.4 is 5.32 Å². The van der Waals surface area contributed by atoms with Crippen molar-refractivity contribution in [3.8, 4) is 22.4 Å². The van der Waals surface area contributed by atoms with Gasteiger partial charge in [0.15, 0.2) is 0 Å². The number of anilines is 1. The average Bonchev–Trinajstić information content (AvgIpc) is 3.33. The Hall–Kier alpha value is -4.35. The van der Waals surface area contributed by atoms with Crippen LogP contribution >= 0.6 is 0 Å². The van der Waals surface area contributed by atoms with Gasteiger partial charge in [-0.2, -0.15) is 0 Å². The summed E-state index contributed by atoms with van der Waals surface area (Å²) in [7, 11) is 0. The van der Waals surface area contributed by atoms with Gasteiger partial charge in [0.25, 0.3) is 11.7 Å². The first-order valence-electron chi connectivity index (χ1n) is 13.9. The Labute approximate surface area is 248 Å². The van der Waals surface area contributed by atoms with Gasteiger partial charge < -0.3 is 35.4 Å². The maximum absolute atomic E-state index is 14.1. The zero-order valence-corrected chi connectivity index (χ0v) is 23.8. The summed E-state index contributed by atoms with van der Waals surface area (Å²) in [6.45, 7) is 3.95. The zero-order valence-electron chi connectivity index (χ0n) is 23.8. The van der Waals surface area contributed by atoms with Crippen LogP contribution in [0, 0.1) is 5.82 Å². The minimum atomic E-state index is -3.43. The second-order valence-electron chi connectivity index (χ2n) is 10.7. The lowest BCUT2D eigenvalue weighted by Gasteiger charge is -2.25. The highest BCUT2D eigenvalue weighted by atomic mass is 19.1. The predicted molar refractivity (Wildman–Crippen MR) is 160 cm³/mol. The van der Waals surface area contributed by atoms with Crippen LogP contribution in [0.4, 0.5) is 10.1 Å². The minimum absolute atomic E-state index is 0.0384. The standard InChI is InChI=1S/C33H35FN2O7/c1-20(2)29-28(31(39)35-24-11-7-4-8-12-24)27(21-9-5-3-6-10-21)30(22-13-15-23(34)16-14-22)36(29)18-17-25(37)19-26(38)33(42,43)32(40)41/h3-16,20,25-26,37-38,42-43H,17-19H2,1-2H3,(H,35,39)(H,40,41)/t25-,26-/m1/s1. The summed E-state index contributed by atoms with van der Waals surface area (Å²) in [5.41, 5.74) is 4.20. The monoisotopic (exact) mass is 590 g/mol. The highest BCUT2D eigenvalue weighted by molar-refractivity contribution is 6.12. The molecule has 3 aromatic carbocycles. The van der Waals surface area contributed by atoms with Crippen molar-refractivity contribution in [3.63, 3.8) is 0 Å². The van der Waals surface area contributed by atoms with E-state index in [9.17, 15) is 34.4 Å². The number of hydrogen-bond acceptors (Lipinski definition) is 6. The lowest BCUT2D eigenvalue weighted by Crippen LogP contribution is -2.50. The number of carboxylic acid groups (broad SMARTS) is 1. The molecule has 43 heavy (non-hydrogen) atoms. The van der Waals surface area contributed by atoms with Gasteiger partial charge in [-0.3, -0.25) is 4.79 Å². The number of benzene rings is 3. The molecule has 1 heterocycles. The van der Waals surface area contributed by atoms with Crippen molar-refractivity contribution < 1.29 is 39.5 Å². The van der Waals surface area contributed by atoms with Crippen LogP contribution in [-0.2, 0) is 11.3 Å². The summed E-state index contributed by atoms with van der Waals surface area (Å²) in [6, 6.07) is 24.1. The number of aliphatic hydroxyl groups excluding tert-OH is 2. The number of carbonyl (C=O) groups is 2. The molecule has 0 unspecified atom stereocenters. The quantitative estimate of drug-likeness (QED) is 0.132. The number of para-hydroxylation sites is 1. The molecule has 0 saturated carbocycles. The van der Waals surface area contributed by atoms with Crippen LogP contribution in [0.2, 0.25) is 0 Å². The summed E-state index contributed by atoms with van der Waals surface area (Å²) in [4.78, 5) is 25.2. The number of amides is 1. The molecule has 4 aromatic rings. The second kappa shape index (κ2) is 13.3. The Morgan fingerprint density at radius 2 is 1.47 bits per heavy atom. The Bertz CT molecular complexity index is 1550. The van der Waals surface area contributed by atoms with E-state index in [0.717, 1.165) is 5.56 Å². The summed E-state index contributed by atoms with van der Waals surface area (Å²) in [5.74, 6) is -6.47. The molecule has 0 aliphatic heterocycles. The maximum Gasteiger partial charge on any atom is 0.366 e. The molecule has 0 bridgehead atoms. The first kappa shape index (κ1) is 31.6. The average molecular weight is 591 g/mol. The van der Waals surface area contributed by atoms with E-state index in [2.05, 4.69) is 5.32 Å². The molecule has 9 nitrogen and oxygen atoms in total. The molecular weight excluding hydrogens is 555 g/mol. The van der Waals surface area contributed by atoms with Crippen molar-refractivity contribution in [1.29, 1.82) is 0 Å². The van der Waals surface area contributed by atoms with Crippen LogP contribution in [0.3, 0.4) is 0 Å². The molecule has 10 heteroatoms. The van der Waals surface area contributed by atoms with Crippen LogP contribution in [0.5, 0.6) is 0 Å². The molecule has 0 aliphatic carbocycles. The molecule has 0 radical (unpaired) electrons. The van der Waals surface area contributed by atoms with Crippen molar-refractivity contribution >= 4 is 17.6 Å². The topological polar surface area (TPSA) is 152 Å². The zero-order chi connectivity index (χ0) is 31.3. The number of nitrogens with zero attached hydrogens (tertiary/aromatic N) is 1. The molecule has 1 aromatic heterocycles. The fourth-order valence-electron chi connectivity index (χ4n) is 5.17. The first-order valence-corrected chi connectivity index (χ1v) is 13.9. The number of aliphatic carboxylic acids is 1. The molecule has 6 N–H and O–H groups in total. The second-order valence-corrected chi connectivity index (χ2v) is 10.7. The Kier molecular flexibility index (Phi) is 9.77. The fraction of sp³-hybridized carbons (Fsp3) is 0.273. The van der Waals surface area contributed by atoms with Gasteiger partial charge in [0, 0.05) is 29.9 Å². The molecule has 4 rings (SSSR count). The fourth-order valence-corrected chi connectivity index (χ4v) is 5.17. The highest BCUT2D eigenvalue weighted by Crippen LogP contribution is 2.42. The van der Waals surface area contributed by atoms with E-state index in [4.69, 9.17) is 5.11 Å². The van der Waals surface area contributed by atoms with E-state index in [-0.39, 0.29) is 24.8 Å². The van der Waals surface area contributed by atoms with Crippen molar-refractivity contribution in [3.05, 3.63) is 102 Å². The van der Waals surface area contributed by atoms with Gasteiger partial charge in [-0.05, 0) is 59.9 Å². The van der Waals surface area contributed by atoms with Gasteiger partial charge in [-0.25, -0.2) is 9.18 Å². The number of aromatic nitrogens is 1. The summed E-state index contributed by atoms with van der Waals surface area (Å²) >= 11 is 0. The van der Waals surface area contributed by atoms with E-state index >= 15 is 0 Å². The molecule has 0 spiro atoms. The van der Waals surface area contributed by atoms with E-state index < -0.39 is 36.2 Å².